The Hall–Kier alpha value is -4.38. The molecule has 4 rings (SSSR count). The summed E-state index contributed by atoms with van der Waals surface area (Å²) in [5.41, 5.74) is -0.475. The zero-order chi connectivity index (χ0) is 30.9. The van der Waals surface area contributed by atoms with Gasteiger partial charge < -0.3 is 31.1 Å². The summed E-state index contributed by atoms with van der Waals surface area (Å²) in [4.78, 5) is 51.0. The van der Waals surface area contributed by atoms with Crippen LogP contribution in [-0.4, -0.2) is 79.7 Å². The number of hydrogen-bond donors (Lipinski definition) is 5. The van der Waals surface area contributed by atoms with Crippen molar-refractivity contribution in [3.05, 3.63) is 102 Å². The number of carboxylic acid groups (broad SMARTS) is 2. The number of anilines is 1. The fourth-order valence-electron chi connectivity index (χ4n) is 5.02. The Balaban J connectivity index is 0.000000258. The van der Waals surface area contributed by atoms with E-state index in [0.29, 0.717) is 0 Å². The number of carbonyl (C=O) groups excluding carboxylic acids is 2. The van der Waals surface area contributed by atoms with Crippen molar-refractivity contribution in [1.29, 1.82) is 0 Å². The molecule has 0 amide bonds. The predicted octanol–water partition coefficient (Wildman–Crippen LogP) is 3.07. The minimum Gasteiger partial charge on any atom is -0.479 e. The second-order valence-electron chi connectivity index (χ2n) is 10.3. The zero-order valence-electron chi connectivity index (χ0n) is 23.3. The highest BCUT2D eigenvalue weighted by Crippen LogP contribution is 2.31. The molecular formula is C32H36N2O8. The highest BCUT2D eigenvalue weighted by Gasteiger charge is 2.69. The number of para-hydroxylation sites is 1. The van der Waals surface area contributed by atoms with Crippen LogP contribution in [0.2, 0.25) is 0 Å². The van der Waals surface area contributed by atoms with E-state index in [1.165, 1.54) is 74.2 Å². The molecule has 10 heteroatoms. The first-order chi connectivity index (χ1) is 19.9. The molecule has 1 fully saturated rings. The number of benzene rings is 3. The summed E-state index contributed by atoms with van der Waals surface area (Å²) in [7, 11) is 2.25. The van der Waals surface area contributed by atoms with Crippen LogP contribution >= 0.6 is 0 Å². The van der Waals surface area contributed by atoms with Crippen LogP contribution in [0.15, 0.2) is 84.9 Å². The Morgan fingerprint density at radius 1 is 0.762 bits per heavy atom. The molecule has 3 aromatic rings. The van der Waals surface area contributed by atoms with Crippen molar-refractivity contribution in [2.24, 2.45) is 0 Å². The van der Waals surface area contributed by atoms with Crippen LogP contribution in [0.4, 0.5) is 5.69 Å². The monoisotopic (exact) mass is 576 g/mol. The van der Waals surface area contributed by atoms with Crippen molar-refractivity contribution in [2.45, 2.75) is 49.3 Å². The molecule has 42 heavy (non-hydrogen) atoms. The highest BCUT2D eigenvalue weighted by molar-refractivity contribution is 6.28. The average molecular weight is 577 g/mol. The maximum absolute atomic E-state index is 12.6. The molecule has 10 nitrogen and oxygen atoms in total. The third-order valence-electron chi connectivity index (χ3n) is 7.60. The predicted molar refractivity (Wildman–Crippen MR) is 156 cm³/mol. The van der Waals surface area contributed by atoms with Crippen molar-refractivity contribution in [1.82, 2.24) is 4.90 Å². The Morgan fingerprint density at radius 3 is 1.64 bits per heavy atom. The summed E-state index contributed by atoms with van der Waals surface area (Å²) in [5, 5.41) is 39.9. The molecule has 0 bridgehead atoms. The Kier molecular flexibility index (Phi) is 10.7. The number of Topliss-reactive ketones (excluding diaryl/α,β-unsaturated/α-hetero) is 2. The normalized spacial score (nSPS) is 17.9. The molecular weight excluding hydrogens is 540 g/mol. The molecule has 1 aliphatic rings. The van der Waals surface area contributed by atoms with E-state index in [0.717, 1.165) is 42.4 Å². The molecule has 1 saturated heterocycles. The van der Waals surface area contributed by atoms with E-state index in [4.69, 9.17) is 5.73 Å². The lowest BCUT2D eigenvalue weighted by Gasteiger charge is -2.34. The number of rotatable bonds is 10. The topological polar surface area (TPSA) is 178 Å². The van der Waals surface area contributed by atoms with Crippen LogP contribution in [0.5, 0.6) is 0 Å². The smallest absolute Gasteiger partial charge is 0.348 e. The van der Waals surface area contributed by atoms with Crippen LogP contribution in [0.3, 0.4) is 0 Å². The van der Waals surface area contributed by atoms with Crippen LogP contribution in [0.25, 0.3) is 0 Å². The number of aliphatic hydroxyl groups is 2. The number of nitrogens with zero attached hydrogens (tertiary/aromatic N) is 1. The molecule has 0 saturated carbocycles. The lowest BCUT2D eigenvalue weighted by Crippen LogP contribution is -2.71. The van der Waals surface area contributed by atoms with E-state index >= 15 is 0 Å². The maximum Gasteiger partial charge on any atom is 0.348 e. The van der Waals surface area contributed by atoms with Crippen molar-refractivity contribution in [2.75, 3.05) is 19.3 Å². The molecule has 2 unspecified atom stereocenters. The minimum atomic E-state index is -3.95. The van der Waals surface area contributed by atoms with E-state index in [2.05, 4.69) is 24.1 Å². The molecule has 3 aromatic carbocycles. The van der Waals surface area contributed by atoms with E-state index in [9.17, 15) is 39.6 Å². The van der Waals surface area contributed by atoms with Gasteiger partial charge in [0.1, 0.15) is 0 Å². The maximum atomic E-state index is 12.6. The third-order valence-corrected chi connectivity index (χ3v) is 7.60. The number of carbonyl (C=O) groups is 4. The summed E-state index contributed by atoms with van der Waals surface area (Å²) in [6.07, 6.45) is 6.45. The highest BCUT2D eigenvalue weighted by atomic mass is 16.5. The number of nitrogen functional groups attached to an aromatic ring is 1. The summed E-state index contributed by atoms with van der Waals surface area (Å²) in [6.45, 7) is 1.26. The summed E-state index contributed by atoms with van der Waals surface area (Å²) < 4.78 is 0. The third kappa shape index (κ3) is 6.73. The van der Waals surface area contributed by atoms with Crippen molar-refractivity contribution >= 4 is 29.2 Å². The molecule has 6 N–H and O–H groups in total. The number of aryl methyl sites for hydroxylation is 1. The van der Waals surface area contributed by atoms with E-state index in [-0.39, 0.29) is 0 Å². The largest absolute Gasteiger partial charge is 0.479 e. The molecule has 1 heterocycles. The van der Waals surface area contributed by atoms with Crippen LogP contribution in [-0.2, 0) is 16.0 Å². The van der Waals surface area contributed by atoms with E-state index < -0.39 is 45.8 Å². The number of aliphatic carboxylic acids is 2. The van der Waals surface area contributed by atoms with Crippen molar-refractivity contribution in [3.8, 4) is 0 Å². The van der Waals surface area contributed by atoms with Gasteiger partial charge in [0.25, 0.3) is 11.2 Å². The van der Waals surface area contributed by atoms with Gasteiger partial charge in [-0.1, -0.05) is 85.3 Å². The van der Waals surface area contributed by atoms with E-state index in [1.54, 1.807) is 0 Å². The van der Waals surface area contributed by atoms with Gasteiger partial charge in [-0.2, -0.15) is 0 Å². The van der Waals surface area contributed by atoms with Gasteiger partial charge in [-0.25, -0.2) is 9.59 Å². The van der Waals surface area contributed by atoms with Gasteiger partial charge >= 0.3 is 11.9 Å². The number of nitrogens with two attached hydrogens (primary N) is 1. The van der Waals surface area contributed by atoms with Gasteiger partial charge in [0.05, 0.1) is 0 Å². The Labute approximate surface area is 244 Å². The lowest BCUT2D eigenvalue weighted by atomic mass is 9.73. The van der Waals surface area contributed by atoms with Gasteiger partial charge in [0.2, 0.25) is 11.6 Å². The van der Waals surface area contributed by atoms with Crippen LogP contribution < -0.4 is 5.73 Å². The van der Waals surface area contributed by atoms with Crippen LogP contribution in [0.1, 0.15) is 52.0 Å². The molecule has 1 aliphatic heterocycles. The average Bonchev–Trinajstić information content (AvgIpc) is 3.00. The van der Waals surface area contributed by atoms with Gasteiger partial charge in [-0.05, 0) is 50.9 Å². The van der Waals surface area contributed by atoms with Gasteiger partial charge in [0, 0.05) is 22.9 Å². The first-order valence-corrected chi connectivity index (χ1v) is 13.6. The first-order valence-electron chi connectivity index (χ1n) is 13.6. The summed E-state index contributed by atoms with van der Waals surface area (Å²) in [5.74, 6) is -8.03. The molecule has 0 spiro atoms. The number of ketones is 2. The summed E-state index contributed by atoms with van der Waals surface area (Å²) in [6, 6.07) is 21.8. The zero-order valence-corrected chi connectivity index (χ0v) is 23.3. The van der Waals surface area contributed by atoms with Gasteiger partial charge in [-0.15, -0.1) is 0 Å². The number of likely N-dealkylation sites (tertiary alicyclic amines) is 1. The number of hydrogen-bond acceptors (Lipinski definition) is 8. The quantitative estimate of drug-likeness (QED) is 0.137. The second kappa shape index (κ2) is 14.0. The molecule has 0 radical (unpaired) electrons. The minimum absolute atomic E-state index is 0.391. The lowest BCUT2D eigenvalue weighted by molar-refractivity contribution is -0.187. The van der Waals surface area contributed by atoms with Gasteiger partial charge in [-0.3, -0.25) is 9.59 Å². The molecule has 0 aromatic heterocycles. The first kappa shape index (κ1) is 32.1. The fourth-order valence-corrected chi connectivity index (χ4v) is 5.02. The van der Waals surface area contributed by atoms with Crippen molar-refractivity contribution in [3.63, 3.8) is 0 Å². The Bertz CT molecular complexity index is 1320. The molecule has 0 aliphatic carbocycles. The van der Waals surface area contributed by atoms with Gasteiger partial charge in [0.15, 0.2) is 0 Å². The summed E-state index contributed by atoms with van der Waals surface area (Å²) >= 11 is 0. The second-order valence-corrected chi connectivity index (χ2v) is 10.3. The SMILES string of the molecule is CN1CCCC[C@H]1CCc1ccccc1N.O=C(O)C(O)(C(=O)c1ccccc1)C(O)(C(=O)O)C(=O)c1ccccc1. The standard InChI is InChI=1S/C18H14O8.C14H22N2/c19-13(11-7-3-1-4-8-11)17(25,15(21)22)18(26,16(23)24)14(20)12-9-5-2-6-10-12;1-16-11-5-4-7-13(16)10-9-12-6-2-3-8-14(12)15/h1-10,25-26H,(H,21,22)(H,23,24);2-3,6,8,13H,4-5,7,9-11,15H2,1H3/t;13-/m.0/s1. The van der Waals surface area contributed by atoms with E-state index in [1.807, 2.05) is 12.1 Å². The molecule has 3 atom stereocenters. The number of carboxylic acids is 2. The molecule has 222 valence electrons. The number of piperidine rings is 1. The Morgan fingerprint density at radius 2 is 1.21 bits per heavy atom. The fraction of sp³-hybridized carbons (Fsp3) is 0.312. The van der Waals surface area contributed by atoms with Crippen molar-refractivity contribution < 1.29 is 39.6 Å². The van der Waals surface area contributed by atoms with Crippen LogP contribution in [0, 0.1) is 0 Å².